The minimum Gasteiger partial charge on any atom is -0.481 e. The van der Waals surface area contributed by atoms with E-state index in [1.807, 2.05) is 0 Å². The fourth-order valence-corrected chi connectivity index (χ4v) is 1.85. The maximum Gasteiger partial charge on any atom is 0.305 e. The Morgan fingerprint density at radius 1 is 1.21 bits per heavy atom. The Labute approximate surface area is 110 Å². The fraction of sp³-hybridized carbons (Fsp3) is 0.273. The van der Waals surface area contributed by atoms with Gasteiger partial charge in [0.1, 0.15) is 0 Å². The fourth-order valence-electron chi connectivity index (χ4n) is 1.29. The molecule has 1 aromatic rings. The highest BCUT2D eigenvalue weighted by Gasteiger charge is 2.07. The van der Waals surface area contributed by atoms with Gasteiger partial charge in [0, 0.05) is 17.8 Å². The van der Waals surface area contributed by atoms with E-state index >= 15 is 0 Å². The van der Waals surface area contributed by atoms with E-state index in [1.165, 1.54) is 24.3 Å². The van der Waals surface area contributed by atoms with Gasteiger partial charge in [-0.2, -0.15) is 0 Å². The number of sulfonamides is 1. The third kappa shape index (κ3) is 5.87. The first kappa shape index (κ1) is 15.0. The summed E-state index contributed by atoms with van der Waals surface area (Å²) in [5.41, 5.74) is 0.675. The number of amides is 1. The van der Waals surface area contributed by atoms with Gasteiger partial charge >= 0.3 is 5.97 Å². The Morgan fingerprint density at radius 3 is 2.26 bits per heavy atom. The summed E-state index contributed by atoms with van der Waals surface area (Å²) in [6, 6.07) is 5.80. The van der Waals surface area contributed by atoms with Gasteiger partial charge in [-0.1, -0.05) is 0 Å². The van der Waals surface area contributed by atoms with Crippen LogP contribution in [-0.4, -0.2) is 38.2 Å². The van der Waals surface area contributed by atoms with E-state index in [0.29, 0.717) is 11.3 Å². The monoisotopic (exact) mass is 286 g/mol. The van der Waals surface area contributed by atoms with Crippen LogP contribution in [0.3, 0.4) is 0 Å². The van der Waals surface area contributed by atoms with Crippen LogP contribution in [0, 0.1) is 0 Å². The number of benzene rings is 1. The summed E-state index contributed by atoms with van der Waals surface area (Å²) in [7, 11) is -3.35. The van der Waals surface area contributed by atoms with Crippen LogP contribution in [-0.2, 0) is 14.8 Å². The zero-order chi connectivity index (χ0) is 14.5. The molecule has 1 aromatic carbocycles. The molecule has 0 saturated heterocycles. The summed E-state index contributed by atoms with van der Waals surface area (Å²) in [4.78, 5) is 21.9. The van der Waals surface area contributed by atoms with Gasteiger partial charge in [-0.15, -0.1) is 0 Å². The first-order valence-electron chi connectivity index (χ1n) is 5.36. The topological polar surface area (TPSA) is 113 Å². The molecule has 0 aliphatic rings. The van der Waals surface area contributed by atoms with Gasteiger partial charge in [-0.3, -0.25) is 14.3 Å². The summed E-state index contributed by atoms with van der Waals surface area (Å²) in [5, 5.41) is 10.9. The second kappa shape index (κ2) is 6.19. The van der Waals surface area contributed by atoms with Gasteiger partial charge in [0.2, 0.25) is 10.0 Å². The zero-order valence-electron chi connectivity index (χ0n) is 10.2. The molecule has 0 fully saturated rings. The van der Waals surface area contributed by atoms with Gasteiger partial charge in [0.05, 0.1) is 12.7 Å². The normalized spacial score (nSPS) is 10.8. The average Bonchev–Trinajstić information content (AvgIpc) is 2.27. The zero-order valence-corrected chi connectivity index (χ0v) is 11.0. The van der Waals surface area contributed by atoms with Crippen molar-refractivity contribution in [3.05, 3.63) is 29.8 Å². The van der Waals surface area contributed by atoms with E-state index in [1.54, 1.807) is 0 Å². The van der Waals surface area contributed by atoms with E-state index in [0.717, 1.165) is 6.26 Å². The van der Waals surface area contributed by atoms with Gasteiger partial charge < -0.3 is 10.4 Å². The number of hydrogen-bond donors (Lipinski definition) is 3. The van der Waals surface area contributed by atoms with Crippen LogP contribution in [0.1, 0.15) is 16.8 Å². The lowest BCUT2D eigenvalue weighted by molar-refractivity contribution is -0.136. The average molecular weight is 286 g/mol. The standard InChI is InChI=1S/C11H14N2O5S/c1-19(17,18)13-9-4-2-8(3-5-9)11(16)12-7-6-10(14)15/h2-5,13H,6-7H2,1H3,(H,12,16)(H,14,15). The predicted octanol–water partition coefficient (Wildman–Crippen LogP) is 0.263. The molecule has 0 aliphatic carbocycles. The maximum absolute atomic E-state index is 11.6. The molecule has 1 rings (SSSR count). The van der Waals surface area contributed by atoms with Crippen molar-refractivity contribution in [2.75, 3.05) is 17.5 Å². The van der Waals surface area contributed by atoms with E-state index in [9.17, 15) is 18.0 Å². The van der Waals surface area contributed by atoms with Crippen molar-refractivity contribution in [3.63, 3.8) is 0 Å². The molecule has 19 heavy (non-hydrogen) atoms. The summed E-state index contributed by atoms with van der Waals surface area (Å²) in [5.74, 6) is -1.40. The number of carboxylic acids is 1. The van der Waals surface area contributed by atoms with Crippen LogP contribution in [0.15, 0.2) is 24.3 Å². The molecule has 0 heterocycles. The molecule has 1 amide bonds. The van der Waals surface area contributed by atoms with E-state index in [-0.39, 0.29) is 13.0 Å². The Bertz CT molecular complexity index is 565. The number of carbonyl (C=O) groups excluding carboxylic acids is 1. The molecule has 0 spiro atoms. The van der Waals surface area contributed by atoms with Crippen molar-refractivity contribution < 1.29 is 23.1 Å². The van der Waals surface area contributed by atoms with Crippen LogP contribution in [0.4, 0.5) is 5.69 Å². The summed E-state index contributed by atoms with van der Waals surface area (Å²) < 4.78 is 24.2. The first-order valence-corrected chi connectivity index (χ1v) is 7.25. The molecular formula is C11H14N2O5S. The quantitative estimate of drug-likeness (QED) is 0.694. The molecule has 3 N–H and O–H groups in total. The SMILES string of the molecule is CS(=O)(=O)Nc1ccc(C(=O)NCCC(=O)O)cc1. The first-order chi connectivity index (χ1) is 8.78. The largest absolute Gasteiger partial charge is 0.481 e. The molecular weight excluding hydrogens is 272 g/mol. The third-order valence-electron chi connectivity index (χ3n) is 2.07. The molecule has 0 atom stereocenters. The van der Waals surface area contributed by atoms with E-state index in [4.69, 9.17) is 5.11 Å². The number of anilines is 1. The molecule has 0 unspecified atom stereocenters. The third-order valence-corrected chi connectivity index (χ3v) is 2.68. The second-order valence-electron chi connectivity index (χ2n) is 3.85. The minimum atomic E-state index is -3.35. The number of rotatable bonds is 6. The number of nitrogens with one attached hydrogen (secondary N) is 2. The smallest absolute Gasteiger partial charge is 0.305 e. The highest BCUT2D eigenvalue weighted by Crippen LogP contribution is 2.10. The lowest BCUT2D eigenvalue weighted by Gasteiger charge is -2.06. The minimum absolute atomic E-state index is 0.0392. The van der Waals surface area contributed by atoms with Crippen molar-refractivity contribution in [2.45, 2.75) is 6.42 Å². The Kier molecular flexibility index (Phi) is 4.87. The van der Waals surface area contributed by atoms with Gasteiger partial charge in [0.15, 0.2) is 0 Å². The number of carboxylic acid groups (broad SMARTS) is 1. The van der Waals surface area contributed by atoms with E-state index in [2.05, 4.69) is 10.0 Å². The number of aliphatic carboxylic acids is 1. The van der Waals surface area contributed by atoms with Gasteiger partial charge in [-0.05, 0) is 24.3 Å². The van der Waals surface area contributed by atoms with E-state index < -0.39 is 21.9 Å². The number of carbonyl (C=O) groups is 2. The molecule has 0 saturated carbocycles. The molecule has 8 heteroatoms. The van der Waals surface area contributed by atoms with Crippen molar-refractivity contribution in [2.24, 2.45) is 0 Å². The molecule has 0 aromatic heterocycles. The highest BCUT2D eigenvalue weighted by molar-refractivity contribution is 7.92. The van der Waals surface area contributed by atoms with Gasteiger partial charge in [0.25, 0.3) is 5.91 Å². The summed E-state index contributed by atoms with van der Waals surface area (Å²) in [6.45, 7) is 0.0392. The van der Waals surface area contributed by atoms with Crippen LogP contribution < -0.4 is 10.0 Å². The summed E-state index contributed by atoms with van der Waals surface area (Å²) >= 11 is 0. The lowest BCUT2D eigenvalue weighted by atomic mass is 10.2. The summed E-state index contributed by atoms with van der Waals surface area (Å²) in [6.07, 6.45) is 0.874. The lowest BCUT2D eigenvalue weighted by Crippen LogP contribution is -2.25. The van der Waals surface area contributed by atoms with Crippen molar-refractivity contribution in [3.8, 4) is 0 Å². The van der Waals surface area contributed by atoms with Crippen LogP contribution in [0.25, 0.3) is 0 Å². The molecule has 0 aliphatic heterocycles. The molecule has 7 nitrogen and oxygen atoms in total. The number of hydrogen-bond acceptors (Lipinski definition) is 4. The molecule has 104 valence electrons. The highest BCUT2D eigenvalue weighted by atomic mass is 32.2. The Hall–Kier alpha value is -2.09. The maximum atomic E-state index is 11.6. The Morgan fingerprint density at radius 2 is 1.79 bits per heavy atom. The van der Waals surface area contributed by atoms with Crippen molar-refractivity contribution >= 4 is 27.6 Å². The predicted molar refractivity (Wildman–Crippen MR) is 69.5 cm³/mol. The second-order valence-corrected chi connectivity index (χ2v) is 5.60. The van der Waals surface area contributed by atoms with Crippen LogP contribution in [0.5, 0.6) is 0 Å². The van der Waals surface area contributed by atoms with Crippen LogP contribution >= 0.6 is 0 Å². The van der Waals surface area contributed by atoms with Crippen molar-refractivity contribution in [1.82, 2.24) is 5.32 Å². The van der Waals surface area contributed by atoms with Crippen molar-refractivity contribution in [1.29, 1.82) is 0 Å². The Balaban J connectivity index is 2.60. The van der Waals surface area contributed by atoms with Crippen LogP contribution in [0.2, 0.25) is 0 Å². The molecule has 0 radical (unpaired) electrons. The van der Waals surface area contributed by atoms with Gasteiger partial charge in [-0.25, -0.2) is 8.42 Å². The molecule has 0 bridgehead atoms.